The Balaban J connectivity index is 1.22. The SMILES string of the molecule is CCCCCCCCCCCCC/C=C/[C@@H](O)[C@H](CO[C@@H]1OC(CO)[C@@H](O[C@@H]2OC(CO)[C@H](O[C@@H]3OC(CO)[C@H](O)[C@H](O[C@@H]4OC(CO)[C@H](O)[C@H](O[C@H]5OC(CO)[C@H](O)[C@H](O)C5NC(C)=O)C4NC(C)=O)C3O)[C@H](O)C2O)[C@H](O)C1O)NC(=O)CCCCCCCCCCCCCCC. The van der Waals surface area contributed by atoms with Gasteiger partial charge in [-0.3, -0.25) is 14.4 Å². The molecule has 5 saturated heterocycles. The number of allylic oxidation sites excluding steroid dienone is 1. The fourth-order valence-electron chi connectivity index (χ4n) is 13.3. The van der Waals surface area contributed by atoms with E-state index in [2.05, 4.69) is 29.8 Å². The summed E-state index contributed by atoms with van der Waals surface area (Å²) in [6.07, 6.45) is -12.1. The maximum atomic E-state index is 13.4. The Morgan fingerprint density at radius 2 is 0.758 bits per heavy atom. The number of amides is 3. The van der Waals surface area contributed by atoms with Crippen LogP contribution in [0, 0.1) is 0 Å². The Kier molecular flexibility index (Phi) is 41.1. The molecule has 0 aromatic rings. The lowest BCUT2D eigenvalue weighted by Gasteiger charge is -2.50. The first-order valence-corrected chi connectivity index (χ1v) is 36.5. The van der Waals surface area contributed by atoms with Crippen molar-refractivity contribution in [2.45, 2.75) is 360 Å². The van der Waals surface area contributed by atoms with Gasteiger partial charge < -0.3 is 140 Å². The van der Waals surface area contributed by atoms with Gasteiger partial charge in [0.05, 0.1) is 51.8 Å². The number of aliphatic hydroxyl groups is 15. The molecule has 31 heteroatoms. The van der Waals surface area contributed by atoms with Crippen LogP contribution in [0.3, 0.4) is 0 Å². The van der Waals surface area contributed by atoms with Gasteiger partial charge >= 0.3 is 0 Å². The highest BCUT2D eigenvalue weighted by Crippen LogP contribution is 2.37. The van der Waals surface area contributed by atoms with Crippen LogP contribution in [0.4, 0.5) is 0 Å². The van der Waals surface area contributed by atoms with Gasteiger partial charge in [0.15, 0.2) is 31.5 Å². The molecule has 0 saturated carbocycles. The van der Waals surface area contributed by atoms with Crippen molar-refractivity contribution in [1.82, 2.24) is 16.0 Å². The molecule has 5 aliphatic heterocycles. The second kappa shape index (κ2) is 46.9. The van der Waals surface area contributed by atoms with Crippen LogP contribution in [0.5, 0.6) is 0 Å². The lowest BCUT2D eigenvalue weighted by Crippen LogP contribution is -2.71. The van der Waals surface area contributed by atoms with Crippen LogP contribution in [0.15, 0.2) is 12.2 Å². The van der Waals surface area contributed by atoms with Crippen molar-refractivity contribution in [2.75, 3.05) is 39.6 Å². The summed E-state index contributed by atoms with van der Waals surface area (Å²) in [4.78, 5) is 38.5. The summed E-state index contributed by atoms with van der Waals surface area (Å²) in [5.74, 6) is -1.87. The Hall–Kier alpha value is -2.85. The molecular weight excluding hydrogens is 1310 g/mol. The number of rotatable bonds is 47. The van der Waals surface area contributed by atoms with E-state index in [1.54, 1.807) is 6.08 Å². The van der Waals surface area contributed by atoms with E-state index in [4.69, 9.17) is 47.4 Å². The van der Waals surface area contributed by atoms with Gasteiger partial charge in [-0.1, -0.05) is 167 Å². The molecule has 5 aliphatic rings. The van der Waals surface area contributed by atoms with Crippen LogP contribution < -0.4 is 16.0 Å². The number of nitrogens with one attached hydrogen (secondary N) is 3. The van der Waals surface area contributed by atoms with Crippen LogP contribution in [0.2, 0.25) is 0 Å². The normalized spacial score (nSPS) is 35.8. The molecule has 18 N–H and O–H groups in total. The molecule has 0 aromatic heterocycles. The summed E-state index contributed by atoms with van der Waals surface area (Å²) in [6, 6.07) is -4.32. The quantitative estimate of drug-likeness (QED) is 0.0256. The van der Waals surface area contributed by atoms with E-state index < -0.39 is 217 Å². The van der Waals surface area contributed by atoms with Crippen molar-refractivity contribution in [3.05, 3.63) is 12.2 Å². The Morgan fingerprint density at radius 3 is 1.23 bits per heavy atom. The first kappa shape index (κ1) is 86.8. The third-order valence-electron chi connectivity index (χ3n) is 19.1. The topological polar surface area (TPSA) is 483 Å². The number of carbonyl (C=O) groups excluding carboxylic acids is 3. The van der Waals surface area contributed by atoms with Crippen LogP contribution in [0.1, 0.15) is 195 Å². The van der Waals surface area contributed by atoms with Crippen molar-refractivity contribution >= 4 is 17.7 Å². The number of ether oxygens (including phenoxy) is 10. The van der Waals surface area contributed by atoms with Gasteiger partial charge in [-0.15, -0.1) is 0 Å². The molecule has 3 amide bonds. The first-order valence-electron chi connectivity index (χ1n) is 36.5. The molecule has 5 rings (SSSR count). The molecule has 0 aliphatic carbocycles. The summed E-state index contributed by atoms with van der Waals surface area (Å²) in [5.41, 5.74) is 0. The van der Waals surface area contributed by atoms with Crippen molar-refractivity contribution in [1.29, 1.82) is 0 Å². The van der Waals surface area contributed by atoms with E-state index in [1.165, 1.54) is 103 Å². The summed E-state index contributed by atoms with van der Waals surface area (Å²) in [6.45, 7) is 1.37. The van der Waals surface area contributed by atoms with E-state index in [9.17, 15) is 91.0 Å². The average molecular weight is 1430 g/mol. The maximum Gasteiger partial charge on any atom is 0.220 e. The third kappa shape index (κ3) is 27.2. The van der Waals surface area contributed by atoms with Crippen LogP contribution in [-0.4, -0.2) is 300 Å². The average Bonchev–Trinajstić information content (AvgIpc) is 0.775. The fourth-order valence-corrected chi connectivity index (χ4v) is 13.3. The van der Waals surface area contributed by atoms with Gasteiger partial charge in [-0.25, -0.2) is 0 Å². The number of hydrogen-bond acceptors (Lipinski definition) is 28. The Bertz CT molecular complexity index is 2230. The minimum Gasteiger partial charge on any atom is -0.394 e. The predicted molar refractivity (Wildman–Crippen MR) is 352 cm³/mol. The monoisotopic (exact) mass is 1430 g/mol. The molecule has 5 fully saturated rings. The number of aliphatic hydroxyl groups excluding tert-OH is 15. The van der Waals surface area contributed by atoms with Crippen LogP contribution in [-0.2, 0) is 61.8 Å². The molecule has 5 heterocycles. The number of hydrogen-bond donors (Lipinski definition) is 18. The minimum atomic E-state index is -2.20. The molecule has 0 radical (unpaired) electrons. The predicted octanol–water partition coefficient (Wildman–Crippen LogP) is -1.03. The molecule has 10 unspecified atom stereocenters. The van der Waals surface area contributed by atoms with Crippen LogP contribution in [0.25, 0.3) is 0 Å². The third-order valence-corrected chi connectivity index (χ3v) is 19.1. The standard InChI is InChI=1S/C68H123N3O28/c1-5-7-9-11-13-15-17-19-21-23-25-27-29-31-42(79)41(71-48(80)32-30-28-26-24-22-20-18-16-14-12-10-8-6-2)38-90-66-57(87)55(85)60(46(36-75)94-66)96-67-58(88)56(86)61(47(37-76)95-67)97-68-59(89)63(53(83)45(35-74)93-68)99-65-50(70-40(4)78)62(52(82)44(34-73)92-65)98-64-49(69-39(3)77)54(84)51(81)43(33-72)91-64/h29,31,41-47,49-68,72-76,79,81-89H,5-28,30,32-38H2,1-4H3,(H,69,77)(H,70,78)(H,71,80)/b31-29+/t41-,42+,43?,44?,45?,46?,47?,49?,50?,51-,52-,53-,54+,55+,56+,57?,58?,59?,60+,61-,62+,63-,64+,65-,66+,67-,68-/m0/s1. The summed E-state index contributed by atoms with van der Waals surface area (Å²) < 4.78 is 59.0. The molecule has 0 spiro atoms. The van der Waals surface area contributed by atoms with Crippen molar-refractivity contribution < 1.29 is 138 Å². The minimum absolute atomic E-state index is 0.195. The zero-order valence-electron chi connectivity index (χ0n) is 58.4. The van der Waals surface area contributed by atoms with E-state index in [-0.39, 0.29) is 12.3 Å². The highest BCUT2D eigenvalue weighted by atomic mass is 16.8. The lowest BCUT2D eigenvalue weighted by atomic mass is 9.93. The van der Waals surface area contributed by atoms with Gasteiger partial charge in [0.1, 0.15) is 122 Å². The van der Waals surface area contributed by atoms with Crippen molar-refractivity contribution in [3.8, 4) is 0 Å². The molecule has 99 heavy (non-hydrogen) atoms. The second-order valence-electron chi connectivity index (χ2n) is 27.1. The first-order chi connectivity index (χ1) is 47.6. The van der Waals surface area contributed by atoms with E-state index in [0.29, 0.717) is 12.8 Å². The molecule has 0 bridgehead atoms. The van der Waals surface area contributed by atoms with Gasteiger partial charge in [0, 0.05) is 20.3 Å². The molecular formula is C68H123N3O28. The second-order valence-corrected chi connectivity index (χ2v) is 27.1. The number of unbranched alkanes of at least 4 members (excludes halogenated alkanes) is 23. The molecule has 0 aromatic carbocycles. The molecule has 27 atom stereocenters. The highest BCUT2D eigenvalue weighted by molar-refractivity contribution is 5.76. The van der Waals surface area contributed by atoms with Gasteiger partial charge in [0.2, 0.25) is 17.7 Å². The van der Waals surface area contributed by atoms with Gasteiger partial charge in [-0.2, -0.15) is 0 Å². The summed E-state index contributed by atoms with van der Waals surface area (Å²) >= 11 is 0. The van der Waals surface area contributed by atoms with E-state index in [0.717, 1.165) is 58.8 Å². The molecule has 578 valence electrons. The smallest absolute Gasteiger partial charge is 0.220 e. The summed E-state index contributed by atoms with van der Waals surface area (Å²) in [7, 11) is 0. The maximum absolute atomic E-state index is 13.4. The van der Waals surface area contributed by atoms with Crippen molar-refractivity contribution in [3.63, 3.8) is 0 Å². The molecule has 31 nitrogen and oxygen atoms in total. The van der Waals surface area contributed by atoms with E-state index >= 15 is 0 Å². The largest absolute Gasteiger partial charge is 0.394 e. The zero-order valence-corrected chi connectivity index (χ0v) is 58.4. The fraction of sp³-hybridized carbons (Fsp3) is 0.926. The van der Waals surface area contributed by atoms with Gasteiger partial charge in [0.25, 0.3) is 0 Å². The highest BCUT2D eigenvalue weighted by Gasteiger charge is 2.57. The Morgan fingerprint density at radius 1 is 0.394 bits per heavy atom. The Labute approximate surface area is 582 Å². The van der Waals surface area contributed by atoms with Crippen molar-refractivity contribution in [2.24, 2.45) is 0 Å². The number of carbonyl (C=O) groups is 3. The summed E-state index contributed by atoms with van der Waals surface area (Å²) in [5, 5.41) is 174. The van der Waals surface area contributed by atoms with Crippen LogP contribution >= 0.6 is 0 Å². The van der Waals surface area contributed by atoms with E-state index in [1.807, 2.05) is 6.08 Å². The lowest BCUT2D eigenvalue weighted by molar-refractivity contribution is -0.388. The van der Waals surface area contributed by atoms with Gasteiger partial charge in [-0.05, 0) is 19.3 Å². The zero-order chi connectivity index (χ0) is 72.6.